The highest BCUT2D eigenvalue weighted by Crippen LogP contribution is 2.00. The molecule has 0 atom stereocenters. The minimum atomic E-state index is -0.452. The van der Waals surface area contributed by atoms with Crippen LogP contribution in [-0.4, -0.2) is 56.0 Å². The maximum Gasteiger partial charge on any atom is 0.287 e. The van der Waals surface area contributed by atoms with Gasteiger partial charge < -0.3 is 10.1 Å². The summed E-state index contributed by atoms with van der Waals surface area (Å²) in [5.74, 6) is -0.540. The Bertz CT molecular complexity index is 260. The maximum absolute atomic E-state index is 11.4. The summed E-state index contributed by atoms with van der Waals surface area (Å²) in [5, 5.41) is 2.66. The molecule has 98 valence electrons. The summed E-state index contributed by atoms with van der Waals surface area (Å²) < 4.78 is 5.23. The molecular weight excluding hydrogens is 220 g/mol. The van der Waals surface area contributed by atoms with Crippen LogP contribution in [0.5, 0.6) is 0 Å². The number of Topliss-reactive ketones (excluding diaryl/α,β-unsaturated/α-hetero) is 1. The van der Waals surface area contributed by atoms with E-state index in [1.54, 1.807) is 0 Å². The molecule has 1 rings (SSSR count). The molecule has 0 radical (unpaired) electrons. The van der Waals surface area contributed by atoms with Crippen molar-refractivity contribution < 1.29 is 14.3 Å². The molecule has 0 unspecified atom stereocenters. The second kappa shape index (κ2) is 7.40. The summed E-state index contributed by atoms with van der Waals surface area (Å²) in [6.07, 6.45) is 0.323. The monoisotopic (exact) mass is 242 g/mol. The Kier molecular flexibility index (Phi) is 6.15. The van der Waals surface area contributed by atoms with E-state index >= 15 is 0 Å². The SMILES string of the molecule is CC(C)CC(=O)C(=O)NCCN1CCOCC1. The van der Waals surface area contributed by atoms with E-state index in [1.165, 1.54) is 0 Å². The highest BCUT2D eigenvalue weighted by molar-refractivity contribution is 6.36. The van der Waals surface area contributed by atoms with Crippen LogP contribution in [0, 0.1) is 5.92 Å². The number of ether oxygens (including phenoxy) is 1. The number of nitrogens with zero attached hydrogens (tertiary/aromatic N) is 1. The van der Waals surface area contributed by atoms with Crippen molar-refractivity contribution in [3.05, 3.63) is 0 Å². The first-order chi connectivity index (χ1) is 8.09. The standard InChI is InChI=1S/C12H22N2O3/c1-10(2)9-11(15)12(16)13-3-4-14-5-7-17-8-6-14/h10H,3-9H2,1-2H3,(H,13,16). The molecule has 5 heteroatoms. The molecule has 1 amide bonds. The highest BCUT2D eigenvalue weighted by atomic mass is 16.5. The van der Waals surface area contributed by atoms with E-state index in [2.05, 4.69) is 10.2 Å². The number of nitrogens with one attached hydrogen (secondary N) is 1. The number of ketones is 1. The molecule has 0 spiro atoms. The van der Waals surface area contributed by atoms with Gasteiger partial charge in [-0.1, -0.05) is 13.8 Å². The first-order valence-corrected chi connectivity index (χ1v) is 6.20. The Morgan fingerprint density at radius 3 is 2.53 bits per heavy atom. The van der Waals surface area contributed by atoms with Crippen molar-refractivity contribution in [2.45, 2.75) is 20.3 Å². The number of hydrogen-bond acceptors (Lipinski definition) is 4. The molecule has 0 aromatic rings. The van der Waals surface area contributed by atoms with Crippen LogP contribution in [-0.2, 0) is 14.3 Å². The average molecular weight is 242 g/mol. The molecule has 1 N–H and O–H groups in total. The number of rotatable bonds is 6. The molecule has 1 aliphatic heterocycles. The lowest BCUT2D eigenvalue weighted by Crippen LogP contribution is -2.42. The van der Waals surface area contributed by atoms with Gasteiger partial charge in [-0.2, -0.15) is 0 Å². The Labute approximate surface area is 102 Å². The van der Waals surface area contributed by atoms with Gasteiger partial charge in [0.05, 0.1) is 13.2 Å². The summed E-state index contributed by atoms with van der Waals surface area (Å²) in [6, 6.07) is 0. The number of morpholine rings is 1. The lowest BCUT2D eigenvalue weighted by Gasteiger charge is -2.26. The predicted molar refractivity (Wildman–Crippen MR) is 64.7 cm³/mol. The fourth-order valence-electron chi connectivity index (χ4n) is 1.71. The zero-order valence-electron chi connectivity index (χ0n) is 10.7. The molecule has 1 heterocycles. The van der Waals surface area contributed by atoms with E-state index in [-0.39, 0.29) is 11.7 Å². The summed E-state index contributed by atoms with van der Waals surface area (Å²) in [4.78, 5) is 25.0. The largest absolute Gasteiger partial charge is 0.379 e. The Morgan fingerprint density at radius 2 is 1.94 bits per heavy atom. The van der Waals surface area contributed by atoms with Gasteiger partial charge in [0.25, 0.3) is 5.91 Å². The fourth-order valence-corrected chi connectivity index (χ4v) is 1.71. The van der Waals surface area contributed by atoms with E-state index < -0.39 is 5.91 Å². The van der Waals surface area contributed by atoms with Crippen molar-refractivity contribution in [2.24, 2.45) is 5.92 Å². The fraction of sp³-hybridized carbons (Fsp3) is 0.833. The molecule has 0 aromatic carbocycles. The topological polar surface area (TPSA) is 58.6 Å². The molecule has 5 nitrogen and oxygen atoms in total. The molecule has 1 fully saturated rings. The third-order valence-corrected chi connectivity index (χ3v) is 2.66. The van der Waals surface area contributed by atoms with Crippen molar-refractivity contribution in [1.29, 1.82) is 0 Å². The van der Waals surface area contributed by atoms with Crippen LogP contribution in [0.25, 0.3) is 0 Å². The van der Waals surface area contributed by atoms with Gasteiger partial charge in [0.2, 0.25) is 5.78 Å². The first kappa shape index (κ1) is 14.1. The minimum Gasteiger partial charge on any atom is -0.379 e. The molecule has 1 aliphatic rings. The van der Waals surface area contributed by atoms with Crippen LogP contribution in [0.1, 0.15) is 20.3 Å². The van der Waals surface area contributed by atoms with Crippen molar-refractivity contribution >= 4 is 11.7 Å². The maximum atomic E-state index is 11.4. The van der Waals surface area contributed by atoms with Crippen LogP contribution in [0.4, 0.5) is 0 Å². The smallest absolute Gasteiger partial charge is 0.287 e. The van der Waals surface area contributed by atoms with E-state index in [0.717, 1.165) is 32.8 Å². The lowest BCUT2D eigenvalue weighted by atomic mass is 10.1. The van der Waals surface area contributed by atoms with Crippen LogP contribution < -0.4 is 5.32 Å². The van der Waals surface area contributed by atoms with E-state index in [0.29, 0.717) is 13.0 Å². The summed E-state index contributed by atoms with van der Waals surface area (Å²) in [7, 11) is 0. The quantitative estimate of drug-likeness (QED) is 0.669. The Hall–Kier alpha value is -0.940. The van der Waals surface area contributed by atoms with E-state index in [4.69, 9.17) is 4.74 Å². The van der Waals surface area contributed by atoms with E-state index in [1.807, 2.05) is 13.8 Å². The molecule has 0 saturated carbocycles. The highest BCUT2D eigenvalue weighted by Gasteiger charge is 2.15. The molecule has 0 bridgehead atoms. The number of carbonyl (C=O) groups is 2. The van der Waals surface area contributed by atoms with Gasteiger partial charge in [-0.25, -0.2) is 0 Å². The second-order valence-corrected chi connectivity index (χ2v) is 4.73. The van der Waals surface area contributed by atoms with Crippen molar-refractivity contribution in [3.8, 4) is 0 Å². The predicted octanol–water partition coefficient (Wildman–Crippen LogP) is 0.0500. The number of hydrogen-bond donors (Lipinski definition) is 1. The third kappa shape index (κ3) is 5.79. The molecule has 0 aliphatic carbocycles. The summed E-state index contributed by atoms with van der Waals surface area (Å²) >= 11 is 0. The zero-order chi connectivity index (χ0) is 12.7. The zero-order valence-corrected chi connectivity index (χ0v) is 10.7. The van der Waals surface area contributed by atoms with Gasteiger partial charge in [0, 0.05) is 32.6 Å². The lowest BCUT2D eigenvalue weighted by molar-refractivity contribution is -0.138. The van der Waals surface area contributed by atoms with Crippen LogP contribution >= 0.6 is 0 Å². The first-order valence-electron chi connectivity index (χ1n) is 6.20. The molecule has 17 heavy (non-hydrogen) atoms. The Balaban J connectivity index is 2.12. The van der Waals surface area contributed by atoms with Gasteiger partial charge in [0.15, 0.2) is 0 Å². The minimum absolute atomic E-state index is 0.229. The Morgan fingerprint density at radius 1 is 1.29 bits per heavy atom. The number of carbonyl (C=O) groups excluding carboxylic acids is 2. The summed E-state index contributed by atoms with van der Waals surface area (Å²) in [6.45, 7) is 8.47. The number of amides is 1. The van der Waals surface area contributed by atoms with Crippen LogP contribution in [0.2, 0.25) is 0 Å². The second-order valence-electron chi connectivity index (χ2n) is 4.73. The van der Waals surface area contributed by atoms with Gasteiger partial charge in [-0.15, -0.1) is 0 Å². The van der Waals surface area contributed by atoms with Crippen molar-refractivity contribution in [3.63, 3.8) is 0 Å². The molecular formula is C12H22N2O3. The van der Waals surface area contributed by atoms with Gasteiger partial charge in [-0.3, -0.25) is 14.5 Å². The average Bonchev–Trinajstić information content (AvgIpc) is 2.29. The van der Waals surface area contributed by atoms with Crippen molar-refractivity contribution in [2.75, 3.05) is 39.4 Å². The van der Waals surface area contributed by atoms with E-state index in [9.17, 15) is 9.59 Å². The summed E-state index contributed by atoms with van der Waals surface area (Å²) in [5.41, 5.74) is 0. The van der Waals surface area contributed by atoms with Crippen molar-refractivity contribution in [1.82, 2.24) is 10.2 Å². The van der Waals surface area contributed by atoms with Gasteiger partial charge in [-0.05, 0) is 5.92 Å². The molecule has 0 aromatic heterocycles. The van der Waals surface area contributed by atoms with Gasteiger partial charge in [0.1, 0.15) is 0 Å². The molecule has 1 saturated heterocycles. The van der Waals surface area contributed by atoms with Gasteiger partial charge >= 0.3 is 0 Å². The third-order valence-electron chi connectivity index (χ3n) is 2.66. The van der Waals surface area contributed by atoms with Crippen LogP contribution in [0.3, 0.4) is 0 Å². The normalized spacial score (nSPS) is 17.1. The van der Waals surface area contributed by atoms with Crippen LogP contribution in [0.15, 0.2) is 0 Å².